The number of H-pyrrole nitrogens is 1. The molecule has 4 rings (SSSR count). The predicted molar refractivity (Wildman–Crippen MR) is 105 cm³/mol. The van der Waals surface area contributed by atoms with Gasteiger partial charge in [-0.25, -0.2) is 0 Å². The minimum Gasteiger partial charge on any atom is -0.495 e. The summed E-state index contributed by atoms with van der Waals surface area (Å²) < 4.78 is 6.40. The Kier molecular flexibility index (Phi) is 3.85. The van der Waals surface area contributed by atoms with Crippen LogP contribution in [0.4, 0.5) is 0 Å². The number of fused-ring (bicyclic) bond motifs is 2. The largest absolute Gasteiger partial charge is 0.495 e. The second-order valence-corrected chi connectivity index (χ2v) is 6.83. The summed E-state index contributed by atoms with van der Waals surface area (Å²) in [5, 5.41) is 2.86. The van der Waals surface area contributed by atoms with Gasteiger partial charge < -0.3 is 9.72 Å². The van der Waals surface area contributed by atoms with Crippen LogP contribution < -0.4 is 4.74 Å². The summed E-state index contributed by atoms with van der Waals surface area (Å²) in [6, 6.07) is 17.5. The zero-order valence-corrected chi connectivity index (χ0v) is 15.5. The van der Waals surface area contributed by atoms with E-state index in [1.165, 1.54) is 0 Å². The Balaban J connectivity index is 1.98. The molecule has 0 aliphatic heterocycles. The summed E-state index contributed by atoms with van der Waals surface area (Å²) in [6.07, 6.45) is 0. The van der Waals surface area contributed by atoms with Crippen LogP contribution in [-0.2, 0) is 0 Å². The third-order valence-corrected chi connectivity index (χ3v) is 5.24. The fourth-order valence-electron chi connectivity index (χ4n) is 3.38. The molecule has 0 bridgehead atoms. The summed E-state index contributed by atoms with van der Waals surface area (Å²) in [7, 11) is 1.63. The number of benzene rings is 3. The van der Waals surface area contributed by atoms with Gasteiger partial charge in [0.25, 0.3) is 0 Å². The molecule has 25 heavy (non-hydrogen) atoms. The van der Waals surface area contributed by atoms with Crippen molar-refractivity contribution in [3.05, 3.63) is 75.9 Å². The molecule has 0 atom stereocenters. The molecule has 0 saturated carbocycles. The highest BCUT2D eigenvalue weighted by Crippen LogP contribution is 2.33. The van der Waals surface area contributed by atoms with Gasteiger partial charge in [0.05, 0.1) is 18.2 Å². The molecule has 1 heterocycles. The number of ether oxygens (including phenoxy) is 1. The highest BCUT2D eigenvalue weighted by Gasteiger charge is 2.21. The number of para-hydroxylation sites is 1. The molecule has 0 amide bonds. The quantitative estimate of drug-likeness (QED) is 0.458. The number of halogens is 1. The van der Waals surface area contributed by atoms with E-state index in [2.05, 4.69) is 20.9 Å². The standard InChI is InChI=1S/C21H16BrNO2/c1-12-19(16-8-5-9-18(25-2)20(16)23-12)21(24)15-10-11-17(22)14-7-4-3-6-13(14)15/h3-11,23H,1-2H3. The minimum atomic E-state index is 0.0145. The lowest BCUT2D eigenvalue weighted by Gasteiger charge is -2.08. The van der Waals surface area contributed by atoms with E-state index in [0.717, 1.165) is 37.6 Å². The first-order valence-electron chi connectivity index (χ1n) is 7.99. The number of nitrogens with one attached hydrogen (secondary N) is 1. The van der Waals surface area contributed by atoms with E-state index in [9.17, 15) is 4.79 Å². The molecule has 0 fully saturated rings. The molecule has 3 aromatic carbocycles. The summed E-state index contributed by atoms with van der Waals surface area (Å²) in [6.45, 7) is 1.92. The van der Waals surface area contributed by atoms with Gasteiger partial charge in [-0.2, -0.15) is 0 Å². The number of methoxy groups -OCH3 is 1. The lowest BCUT2D eigenvalue weighted by Crippen LogP contribution is -2.03. The zero-order valence-electron chi connectivity index (χ0n) is 13.9. The van der Waals surface area contributed by atoms with E-state index in [1.54, 1.807) is 7.11 Å². The predicted octanol–water partition coefficient (Wildman–Crippen LogP) is 5.63. The summed E-state index contributed by atoms with van der Waals surface area (Å²) >= 11 is 3.57. The Morgan fingerprint density at radius 1 is 0.960 bits per heavy atom. The molecule has 4 heteroatoms. The number of carbonyl (C=O) groups is 1. The first-order chi connectivity index (χ1) is 12.1. The third kappa shape index (κ3) is 2.45. The molecular weight excluding hydrogens is 378 g/mol. The molecule has 0 aliphatic rings. The van der Waals surface area contributed by atoms with Crippen molar-refractivity contribution in [3.63, 3.8) is 0 Å². The fourth-order valence-corrected chi connectivity index (χ4v) is 3.86. The van der Waals surface area contributed by atoms with Crippen molar-refractivity contribution in [2.75, 3.05) is 7.11 Å². The van der Waals surface area contributed by atoms with E-state index >= 15 is 0 Å². The van der Waals surface area contributed by atoms with E-state index in [-0.39, 0.29) is 5.78 Å². The van der Waals surface area contributed by atoms with Crippen LogP contribution in [0.3, 0.4) is 0 Å². The van der Waals surface area contributed by atoms with Crippen LogP contribution in [-0.4, -0.2) is 17.9 Å². The molecule has 1 aromatic heterocycles. The van der Waals surface area contributed by atoms with Crippen molar-refractivity contribution in [2.45, 2.75) is 6.92 Å². The Hall–Kier alpha value is -2.59. The Labute approximate surface area is 153 Å². The van der Waals surface area contributed by atoms with Crippen molar-refractivity contribution in [3.8, 4) is 5.75 Å². The Morgan fingerprint density at radius 3 is 2.44 bits per heavy atom. The van der Waals surface area contributed by atoms with Gasteiger partial charge >= 0.3 is 0 Å². The first-order valence-corrected chi connectivity index (χ1v) is 8.78. The number of ketones is 1. The number of hydrogen-bond acceptors (Lipinski definition) is 2. The molecule has 124 valence electrons. The van der Waals surface area contributed by atoms with Crippen molar-refractivity contribution in [1.29, 1.82) is 0 Å². The second kappa shape index (κ2) is 6.05. The maximum Gasteiger partial charge on any atom is 0.196 e. The van der Waals surface area contributed by atoms with E-state index < -0.39 is 0 Å². The van der Waals surface area contributed by atoms with Crippen molar-refractivity contribution in [1.82, 2.24) is 4.98 Å². The van der Waals surface area contributed by atoms with Gasteiger partial charge in [0.1, 0.15) is 5.75 Å². The molecule has 0 unspecified atom stereocenters. The summed E-state index contributed by atoms with van der Waals surface area (Å²) in [4.78, 5) is 16.7. The first kappa shape index (κ1) is 15.9. The van der Waals surface area contributed by atoms with Gasteiger partial charge in [-0.1, -0.05) is 52.3 Å². The number of hydrogen-bond donors (Lipinski definition) is 1. The van der Waals surface area contributed by atoms with E-state index in [4.69, 9.17) is 4.74 Å². The lowest BCUT2D eigenvalue weighted by atomic mass is 9.95. The zero-order chi connectivity index (χ0) is 17.6. The number of aromatic nitrogens is 1. The van der Waals surface area contributed by atoms with E-state index in [0.29, 0.717) is 11.1 Å². The van der Waals surface area contributed by atoms with Gasteiger partial charge in [0.2, 0.25) is 0 Å². The van der Waals surface area contributed by atoms with Gasteiger partial charge in [0.15, 0.2) is 5.78 Å². The van der Waals surface area contributed by atoms with Crippen LogP contribution in [0.25, 0.3) is 21.7 Å². The minimum absolute atomic E-state index is 0.0145. The van der Waals surface area contributed by atoms with Gasteiger partial charge in [0, 0.05) is 21.1 Å². The number of rotatable bonds is 3. The van der Waals surface area contributed by atoms with Crippen LogP contribution in [0, 0.1) is 6.92 Å². The van der Waals surface area contributed by atoms with Crippen molar-refractivity contribution < 1.29 is 9.53 Å². The van der Waals surface area contributed by atoms with Crippen molar-refractivity contribution >= 4 is 43.4 Å². The van der Waals surface area contributed by atoms with Crippen LogP contribution in [0.2, 0.25) is 0 Å². The summed E-state index contributed by atoms with van der Waals surface area (Å²) in [5.74, 6) is 0.751. The molecule has 0 saturated heterocycles. The van der Waals surface area contributed by atoms with E-state index in [1.807, 2.05) is 61.5 Å². The molecule has 0 spiro atoms. The van der Waals surface area contributed by atoms with Crippen molar-refractivity contribution in [2.24, 2.45) is 0 Å². The average molecular weight is 394 g/mol. The van der Waals surface area contributed by atoms with Gasteiger partial charge in [-0.15, -0.1) is 0 Å². The lowest BCUT2D eigenvalue weighted by molar-refractivity contribution is 0.104. The number of aryl methyl sites for hydroxylation is 1. The molecule has 1 N–H and O–H groups in total. The SMILES string of the molecule is COc1cccc2c(C(=O)c3ccc(Br)c4ccccc34)c(C)[nH]c12. The average Bonchev–Trinajstić information content (AvgIpc) is 2.97. The maximum atomic E-state index is 13.4. The van der Waals surface area contributed by atoms with Crippen LogP contribution in [0.1, 0.15) is 21.6 Å². The fraction of sp³-hybridized carbons (Fsp3) is 0.0952. The number of carbonyl (C=O) groups excluding carboxylic acids is 1. The highest BCUT2D eigenvalue weighted by atomic mass is 79.9. The van der Waals surface area contributed by atoms with Crippen LogP contribution >= 0.6 is 15.9 Å². The highest BCUT2D eigenvalue weighted by molar-refractivity contribution is 9.10. The Bertz CT molecular complexity index is 1130. The molecular formula is C21H16BrNO2. The maximum absolute atomic E-state index is 13.4. The van der Waals surface area contributed by atoms with Crippen LogP contribution in [0.5, 0.6) is 5.75 Å². The number of aromatic amines is 1. The third-order valence-electron chi connectivity index (χ3n) is 4.55. The van der Waals surface area contributed by atoms with Gasteiger partial charge in [-0.3, -0.25) is 4.79 Å². The van der Waals surface area contributed by atoms with Crippen LogP contribution in [0.15, 0.2) is 59.1 Å². The summed E-state index contributed by atoms with van der Waals surface area (Å²) in [5.41, 5.74) is 3.09. The smallest absolute Gasteiger partial charge is 0.196 e. The molecule has 3 nitrogen and oxygen atoms in total. The molecule has 0 aliphatic carbocycles. The topological polar surface area (TPSA) is 42.1 Å². The van der Waals surface area contributed by atoms with Gasteiger partial charge in [-0.05, 0) is 35.9 Å². The molecule has 4 aromatic rings. The molecule has 0 radical (unpaired) electrons. The monoisotopic (exact) mass is 393 g/mol. The second-order valence-electron chi connectivity index (χ2n) is 5.98. The normalized spacial score (nSPS) is 11.2. The Morgan fingerprint density at radius 2 is 1.68 bits per heavy atom.